The second-order valence-electron chi connectivity index (χ2n) is 7.66. The number of rotatable bonds is 7. The van der Waals surface area contributed by atoms with E-state index in [1.165, 1.54) is 12.8 Å². The predicted octanol–water partition coefficient (Wildman–Crippen LogP) is 4.18. The SMILES string of the molecule is CC1CCN(CCCNC(=O)Nc2cccc(NC(=O)c3ccccc3)c2)CC1. The smallest absolute Gasteiger partial charge is 0.319 e. The molecule has 0 atom stereocenters. The van der Waals surface area contributed by atoms with Gasteiger partial charge in [-0.05, 0) is 75.1 Å². The third-order valence-electron chi connectivity index (χ3n) is 5.23. The summed E-state index contributed by atoms with van der Waals surface area (Å²) in [5.74, 6) is 0.655. The zero-order valence-electron chi connectivity index (χ0n) is 17.0. The first-order valence-electron chi connectivity index (χ1n) is 10.3. The predicted molar refractivity (Wildman–Crippen MR) is 117 cm³/mol. The summed E-state index contributed by atoms with van der Waals surface area (Å²) in [6.45, 7) is 6.30. The number of anilines is 2. The fourth-order valence-electron chi connectivity index (χ4n) is 3.43. The van der Waals surface area contributed by atoms with Crippen molar-refractivity contribution in [3.8, 4) is 0 Å². The highest BCUT2D eigenvalue weighted by molar-refractivity contribution is 6.04. The summed E-state index contributed by atoms with van der Waals surface area (Å²) < 4.78 is 0. The molecule has 0 bridgehead atoms. The molecule has 0 aliphatic carbocycles. The Bertz CT molecular complexity index is 802. The van der Waals surface area contributed by atoms with Crippen molar-refractivity contribution in [3.05, 3.63) is 60.2 Å². The van der Waals surface area contributed by atoms with E-state index in [0.29, 0.717) is 23.5 Å². The minimum atomic E-state index is -0.233. The fraction of sp³-hybridized carbons (Fsp3) is 0.391. The molecule has 0 spiro atoms. The Morgan fingerprint density at radius 2 is 1.66 bits per heavy atom. The Balaban J connectivity index is 1.40. The highest BCUT2D eigenvalue weighted by Gasteiger charge is 2.14. The molecule has 0 unspecified atom stereocenters. The van der Waals surface area contributed by atoms with Crippen molar-refractivity contribution in [2.24, 2.45) is 5.92 Å². The van der Waals surface area contributed by atoms with E-state index in [-0.39, 0.29) is 11.9 Å². The van der Waals surface area contributed by atoms with Gasteiger partial charge in [-0.3, -0.25) is 4.79 Å². The lowest BCUT2D eigenvalue weighted by atomic mass is 9.99. The molecule has 6 heteroatoms. The van der Waals surface area contributed by atoms with Crippen LogP contribution in [-0.2, 0) is 0 Å². The summed E-state index contributed by atoms with van der Waals surface area (Å²) in [6, 6.07) is 15.9. The number of likely N-dealkylation sites (tertiary alicyclic amines) is 1. The molecule has 3 N–H and O–H groups in total. The van der Waals surface area contributed by atoms with E-state index in [2.05, 4.69) is 27.8 Å². The number of carbonyl (C=O) groups is 2. The maximum absolute atomic E-state index is 12.3. The minimum Gasteiger partial charge on any atom is -0.338 e. The van der Waals surface area contributed by atoms with Gasteiger partial charge in [-0.25, -0.2) is 4.79 Å². The average Bonchev–Trinajstić information content (AvgIpc) is 2.73. The van der Waals surface area contributed by atoms with E-state index in [9.17, 15) is 9.59 Å². The number of benzene rings is 2. The van der Waals surface area contributed by atoms with Crippen molar-refractivity contribution >= 4 is 23.3 Å². The van der Waals surface area contributed by atoms with Crippen LogP contribution in [0, 0.1) is 5.92 Å². The molecule has 154 valence electrons. The summed E-state index contributed by atoms with van der Waals surface area (Å²) in [7, 11) is 0. The monoisotopic (exact) mass is 394 g/mol. The number of urea groups is 1. The number of hydrogen-bond acceptors (Lipinski definition) is 3. The maximum atomic E-state index is 12.3. The number of nitrogens with one attached hydrogen (secondary N) is 3. The molecular formula is C23H30N4O2. The molecule has 6 nitrogen and oxygen atoms in total. The Morgan fingerprint density at radius 3 is 2.38 bits per heavy atom. The van der Waals surface area contributed by atoms with Gasteiger partial charge in [0.25, 0.3) is 5.91 Å². The van der Waals surface area contributed by atoms with Gasteiger partial charge in [0.15, 0.2) is 0 Å². The van der Waals surface area contributed by atoms with Crippen molar-refractivity contribution in [2.75, 3.05) is 36.8 Å². The molecule has 0 aromatic heterocycles. The van der Waals surface area contributed by atoms with E-state index in [1.54, 1.807) is 36.4 Å². The highest BCUT2D eigenvalue weighted by atomic mass is 16.2. The van der Waals surface area contributed by atoms with Crippen LogP contribution in [0.1, 0.15) is 36.5 Å². The van der Waals surface area contributed by atoms with E-state index in [4.69, 9.17) is 0 Å². The van der Waals surface area contributed by atoms with Crippen LogP contribution >= 0.6 is 0 Å². The molecule has 1 aliphatic rings. The molecule has 2 aromatic carbocycles. The zero-order chi connectivity index (χ0) is 20.5. The third kappa shape index (κ3) is 6.91. The molecular weight excluding hydrogens is 364 g/mol. The van der Waals surface area contributed by atoms with Crippen LogP contribution in [-0.4, -0.2) is 43.0 Å². The lowest BCUT2D eigenvalue weighted by Crippen LogP contribution is -2.36. The van der Waals surface area contributed by atoms with Gasteiger partial charge in [0.1, 0.15) is 0 Å². The Morgan fingerprint density at radius 1 is 0.966 bits per heavy atom. The number of piperidine rings is 1. The Labute approximate surface area is 172 Å². The molecule has 2 aromatic rings. The molecule has 0 saturated carbocycles. The van der Waals surface area contributed by atoms with Crippen molar-refractivity contribution in [3.63, 3.8) is 0 Å². The molecule has 0 radical (unpaired) electrons. The van der Waals surface area contributed by atoms with Gasteiger partial charge >= 0.3 is 6.03 Å². The number of carbonyl (C=O) groups excluding carboxylic acids is 2. The summed E-state index contributed by atoms with van der Waals surface area (Å²) in [5, 5.41) is 8.57. The lowest BCUT2D eigenvalue weighted by molar-refractivity contribution is 0.102. The molecule has 1 heterocycles. The second kappa shape index (κ2) is 10.6. The van der Waals surface area contributed by atoms with Crippen molar-refractivity contribution in [1.82, 2.24) is 10.2 Å². The normalized spacial score (nSPS) is 14.9. The largest absolute Gasteiger partial charge is 0.338 e. The standard InChI is InChI=1S/C23H30N4O2/c1-18-11-15-27(16-12-18)14-6-13-24-23(29)26-21-10-5-9-20(17-21)25-22(28)19-7-3-2-4-8-19/h2-5,7-10,17-18H,6,11-16H2,1H3,(H,25,28)(H2,24,26,29). The molecule has 1 aliphatic heterocycles. The van der Waals surface area contributed by atoms with Crippen LogP contribution in [0.15, 0.2) is 54.6 Å². The van der Waals surface area contributed by atoms with Gasteiger partial charge < -0.3 is 20.9 Å². The molecule has 3 rings (SSSR count). The number of amides is 3. The van der Waals surface area contributed by atoms with Crippen LogP contribution in [0.2, 0.25) is 0 Å². The lowest BCUT2D eigenvalue weighted by Gasteiger charge is -2.30. The van der Waals surface area contributed by atoms with Gasteiger partial charge in [-0.2, -0.15) is 0 Å². The van der Waals surface area contributed by atoms with E-state index in [1.807, 2.05) is 18.2 Å². The summed E-state index contributed by atoms with van der Waals surface area (Å²) >= 11 is 0. The molecule has 1 fully saturated rings. The first-order valence-corrected chi connectivity index (χ1v) is 10.3. The van der Waals surface area contributed by atoms with Crippen LogP contribution in [0.3, 0.4) is 0 Å². The first-order chi connectivity index (χ1) is 14.1. The van der Waals surface area contributed by atoms with Crippen LogP contribution in [0.5, 0.6) is 0 Å². The first kappa shape index (κ1) is 20.9. The summed E-state index contributed by atoms with van der Waals surface area (Å²) in [5.41, 5.74) is 1.86. The van der Waals surface area contributed by atoms with Crippen molar-refractivity contribution in [1.29, 1.82) is 0 Å². The van der Waals surface area contributed by atoms with Gasteiger partial charge in [0.2, 0.25) is 0 Å². The van der Waals surface area contributed by atoms with Gasteiger partial charge in [-0.15, -0.1) is 0 Å². The quantitative estimate of drug-likeness (QED) is 0.617. The summed E-state index contributed by atoms with van der Waals surface area (Å²) in [6.07, 6.45) is 3.48. The minimum absolute atomic E-state index is 0.181. The number of nitrogens with zero attached hydrogens (tertiary/aromatic N) is 1. The Hall–Kier alpha value is -2.86. The average molecular weight is 395 g/mol. The van der Waals surface area contributed by atoms with Gasteiger partial charge in [0, 0.05) is 23.5 Å². The zero-order valence-corrected chi connectivity index (χ0v) is 17.0. The van der Waals surface area contributed by atoms with Crippen LogP contribution in [0.4, 0.5) is 16.2 Å². The van der Waals surface area contributed by atoms with Crippen molar-refractivity contribution < 1.29 is 9.59 Å². The third-order valence-corrected chi connectivity index (χ3v) is 5.23. The Kier molecular flexibility index (Phi) is 7.64. The number of hydrogen-bond donors (Lipinski definition) is 3. The van der Waals surface area contributed by atoms with Crippen LogP contribution in [0.25, 0.3) is 0 Å². The van der Waals surface area contributed by atoms with E-state index < -0.39 is 0 Å². The van der Waals surface area contributed by atoms with Gasteiger partial charge in [0.05, 0.1) is 0 Å². The van der Waals surface area contributed by atoms with Gasteiger partial charge in [-0.1, -0.05) is 31.2 Å². The fourth-order valence-corrected chi connectivity index (χ4v) is 3.43. The topological polar surface area (TPSA) is 73.5 Å². The molecule has 29 heavy (non-hydrogen) atoms. The van der Waals surface area contributed by atoms with E-state index >= 15 is 0 Å². The van der Waals surface area contributed by atoms with Crippen LogP contribution < -0.4 is 16.0 Å². The highest BCUT2D eigenvalue weighted by Crippen LogP contribution is 2.17. The second-order valence-corrected chi connectivity index (χ2v) is 7.66. The van der Waals surface area contributed by atoms with Crippen molar-refractivity contribution in [2.45, 2.75) is 26.2 Å². The van der Waals surface area contributed by atoms with E-state index in [0.717, 1.165) is 32.0 Å². The molecule has 3 amide bonds. The maximum Gasteiger partial charge on any atom is 0.319 e. The summed E-state index contributed by atoms with van der Waals surface area (Å²) in [4.78, 5) is 26.9. The molecule has 1 saturated heterocycles.